The molecule has 31 heavy (non-hydrogen) atoms. The van der Waals surface area contributed by atoms with Gasteiger partial charge in [0.2, 0.25) is 5.91 Å². The van der Waals surface area contributed by atoms with Gasteiger partial charge in [0.05, 0.1) is 22.7 Å². The van der Waals surface area contributed by atoms with E-state index < -0.39 is 4.92 Å². The summed E-state index contributed by atoms with van der Waals surface area (Å²) in [5.74, 6) is -0.153. The van der Waals surface area contributed by atoms with Gasteiger partial charge in [-0.2, -0.15) is 5.10 Å². The summed E-state index contributed by atoms with van der Waals surface area (Å²) in [5, 5.41) is 18.5. The number of carbonyl (C=O) groups is 1. The minimum atomic E-state index is -0.445. The molecule has 4 aromatic rings. The van der Waals surface area contributed by atoms with Crippen LogP contribution in [0.1, 0.15) is 11.1 Å². The van der Waals surface area contributed by atoms with Crippen molar-refractivity contribution in [3.05, 3.63) is 107 Å². The Morgan fingerprint density at radius 3 is 2.48 bits per heavy atom. The summed E-state index contributed by atoms with van der Waals surface area (Å²) in [6.07, 6.45) is 5.32. The second kappa shape index (κ2) is 9.00. The highest BCUT2D eigenvalue weighted by atomic mass is 16.6. The van der Waals surface area contributed by atoms with Crippen LogP contribution in [-0.4, -0.2) is 25.6 Å². The summed E-state index contributed by atoms with van der Waals surface area (Å²) in [6, 6.07) is 19.4. The number of non-ortho nitro benzene ring substituents is 1. The maximum Gasteiger partial charge on any atom is 0.269 e. The molecule has 0 saturated carbocycles. The van der Waals surface area contributed by atoms with Crippen molar-refractivity contribution < 1.29 is 9.72 Å². The van der Waals surface area contributed by atoms with Crippen molar-refractivity contribution in [2.24, 2.45) is 0 Å². The molecule has 8 nitrogen and oxygen atoms in total. The molecule has 8 heteroatoms. The van der Waals surface area contributed by atoms with Crippen LogP contribution in [0.2, 0.25) is 0 Å². The zero-order chi connectivity index (χ0) is 21.6. The van der Waals surface area contributed by atoms with Gasteiger partial charge < -0.3 is 5.32 Å². The Kier molecular flexibility index (Phi) is 5.79. The van der Waals surface area contributed by atoms with Gasteiger partial charge in [0.25, 0.3) is 5.69 Å². The van der Waals surface area contributed by atoms with Crippen LogP contribution in [0.15, 0.2) is 85.3 Å². The molecule has 0 aliphatic rings. The fourth-order valence-electron chi connectivity index (χ4n) is 3.17. The number of hydrogen-bond donors (Lipinski definition) is 1. The lowest BCUT2D eigenvalue weighted by Crippen LogP contribution is -2.24. The van der Waals surface area contributed by atoms with Crippen LogP contribution in [0, 0.1) is 10.1 Å². The number of pyridine rings is 1. The number of nitro benzene ring substituents is 1. The summed E-state index contributed by atoms with van der Waals surface area (Å²) >= 11 is 0. The van der Waals surface area contributed by atoms with Crippen LogP contribution >= 0.6 is 0 Å². The van der Waals surface area contributed by atoms with E-state index in [1.807, 2.05) is 48.7 Å². The van der Waals surface area contributed by atoms with Gasteiger partial charge in [-0.1, -0.05) is 24.3 Å². The third-order valence-electron chi connectivity index (χ3n) is 4.73. The van der Waals surface area contributed by atoms with E-state index in [4.69, 9.17) is 0 Å². The van der Waals surface area contributed by atoms with E-state index in [0.29, 0.717) is 17.8 Å². The number of aromatic nitrogens is 3. The number of nitro groups is 1. The van der Waals surface area contributed by atoms with Crippen molar-refractivity contribution in [3.63, 3.8) is 0 Å². The third kappa shape index (κ3) is 4.81. The quantitative estimate of drug-likeness (QED) is 0.368. The summed E-state index contributed by atoms with van der Waals surface area (Å²) < 4.78 is 1.71. The van der Waals surface area contributed by atoms with Crippen molar-refractivity contribution in [1.29, 1.82) is 0 Å². The molecular formula is C23H19N5O3. The van der Waals surface area contributed by atoms with Crippen LogP contribution in [0.5, 0.6) is 0 Å². The third-order valence-corrected chi connectivity index (χ3v) is 4.73. The van der Waals surface area contributed by atoms with Crippen LogP contribution < -0.4 is 5.32 Å². The van der Waals surface area contributed by atoms with Gasteiger partial charge >= 0.3 is 0 Å². The monoisotopic (exact) mass is 413 g/mol. The van der Waals surface area contributed by atoms with E-state index in [9.17, 15) is 14.9 Å². The van der Waals surface area contributed by atoms with Crippen LogP contribution in [0.4, 0.5) is 5.69 Å². The number of para-hydroxylation sites is 1. The second-order valence-corrected chi connectivity index (χ2v) is 6.90. The minimum Gasteiger partial charge on any atom is -0.352 e. The Morgan fingerprint density at radius 2 is 1.81 bits per heavy atom. The summed E-state index contributed by atoms with van der Waals surface area (Å²) in [6.45, 7) is 0.381. The van der Waals surface area contributed by atoms with Crippen LogP contribution in [0.3, 0.4) is 0 Å². The predicted octanol–water partition coefficient (Wildman–Crippen LogP) is 3.70. The maximum absolute atomic E-state index is 12.6. The molecule has 0 aliphatic carbocycles. The molecule has 2 aromatic heterocycles. The highest BCUT2D eigenvalue weighted by molar-refractivity contribution is 5.81. The lowest BCUT2D eigenvalue weighted by atomic mass is 10.1. The molecule has 0 aliphatic heterocycles. The van der Waals surface area contributed by atoms with E-state index in [0.717, 1.165) is 16.8 Å². The van der Waals surface area contributed by atoms with E-state index in [-0.39, 0.29) is 18.0 Å². The summed E-state index contributed by atoms with van der Waals surface area (Å²) in [4.78, 5) is 27.2. The summed E-state index contributed by atoms with van der Waals surface area (Å²) in [7, 11) is 0. The van der Waals surface area contributed by atoms with Gasteiger partial charge in [0.1, 0.15) is 0 Å². The number of nitrogens with one attached hydrogen (secondary N) is 1. The van der Waals surface area contributed by atoms with Crippen molar-refractivity contribution in [1.82, 2.24) is 20.1 Å². The first-order valence-corrected chi connectivity index (χ1v) is 9.64. The molecule has 0 fully saturated rings. The van der Waals surface area contributed by atoms with E-state index >= 15 is 0 Å². The molecule has 4 rings (SSSR count). The van der Waals surface area contributed by atoms with Gasteiger partial charge in [-0.15, -0.1) is 0 Å². The molecule has 0 saturated heterocycles. The smallest absolute Gasteiger partial charge is 0.269 e. The molecule has 0 unspecified atom stereocenters. The Morgan fingerprint density at radius 1 is 1.03 bits per heavy atom. The van der Waals surface area contributed by atoms with Crippen LogP contribution in [-0.2, 0) is 17.8 Å². The minimum absolute atomic E-state index is 0.00186. The average molecular weight is 413 g/mol. The Balaban J connectivity index is 1.61. The molecule has 1 N–H and O–H groups in total. The zero-order valence-corrected chi connectivity index (χ0v) is 16.5. The fourth-order valence-corrected chi connectivity index (χ4v) is 3.17. The molecule has 154 valence electrons. The summed E-state index contributed by atoms with van der Waals surface area (Å²) in [5.41, 5.74) is 3.80. The Labute approximate surface area is 178 Å². The van der Waals surface area contributed by atoms with Crippen molar-refractivity contribution in [3.8, 4) is 16.9 Å². The SMILES string of the molecule is O=C(Cc1cn(-c2ccccc2)nc1-c1ccc([N+](=O)[O-])cc1)NCc1cccnc1. The topological polar surface area (TPSA) is 103 Å². The molecule has 0 radical (unpaired) electrons. The first-order valence-electron chi connectivity index (χ1n) is 9.64. The van der Waals surface area contributed by atoms with Gasteiger partial charge in [0.15, 0.2) is 0 Å². The van der Waals surface area contributed by atoms with Crippen molar-refractivity contribution in [2.45, 2.75) is 13.0 Å². The normalized spacial score (nSPS) is 10.6. The van der Waals surface area contributed by atoms with E-state index in [1.165, 1.54) is 12.1 Å². The van der Waals surface area contributed by atoms with Crippen molar-refractivity contribution >= 4 is 11.6 Å². The number of nitrogens with zero attached hydrogens (tertiary/aromatic N) is 4. The lowest BCUT2D eigenvalue weighted by Gasteiger charge is -2.05. The number of amides is 1. The van der Waals surface area contributed by atoms with Gasteiger partial charge in [-0.3, -0.25) is 19.9 Å². The average Bonchev–Trinajstić information content (AvgIpc) is 3.22. The molecule has 2 heterocycles. The number of carbonyl (C=O) groups excluding carboxylic acids is 1. The second-order valence-electron chi connectivity index (χ2n) is 6.90. The Bertz CT molecular complexity index is 1190. The molecule has 0 bridgehead atoms. The molecule has 0 spiro atoms. The molecule has 0 atom stereocenters. The van der Waals surface area contributed by atoms with Gasteiger partial charge in [0, 0.05) is 48.4 Å². The van der Waals surface area contributed by atoms with Crippen LogP contribution in [0.25, 0.3) is 16.9 Å². The van der Waals surface area contributed by atoms with Crippen molar-refractivity contribution in [2.75, 3.05) is 0 Å². The molecular weight excluding hydrogens is 394 g/mol. The number of benzene rings is 2. The first-order chi connectivity index (χ1) is 15.1. The first kappa shape index (κ1) is 20.0. The standard InChI is InChI=1S/C23H19N5O3/c29-22(25-15-17-5-4-12-24-14-17)13-19-16-27(20-6-2-1-3-7-20)26-23(19)18-8-10-21(11-9-18)28(30)31/h1-12,14,16H,13,15H2,(H,25,29). The van der Waals surface area contributed by atoms with E-state index in [1.54, 1.807) is 29.2 Å². The predicted molar refractivity (Wildman–Crippen MR) is 115 cm³/mol. The number of rotatable bonds is 7. The largest absolute Gasteiger partial charge is 0.352 e. The number of hydrogen-bond acceptors (Lipinski definition) is 5. The molecule has 2 aromatic carbocycles. The highest BCUT2D eigenvalue weighted by Gasteiger charge is 2.16. The zero-order valence-electron chi connectivity index (χ0n) is 16.5. The highest BCUT2D eigenvalue weighted by Crippen LogP contribution is 2.26. The molecule has 1 amide bonds. The fraction of sp³-hybridized carbons (Fsp3) is 0.0870. The lowest BCUT2D eigenvalue weighted by molar-refractivity contribution is -0.384. The van der Waals surface area contributed by atoms with Gasteiger partial charge in [-0.25, -0.2) is 4.68 Å². The van der Waals surface area contributed by atoms with Gasteiger partial charge in [-0.05, 0) is 35.9 Å². The Hall–Kier alpha value is -4.33. The van der Waals surface area contributed by atoms with E-state index in [2.05, 4.69) is 15.4 Å². The maximum atomic E-state index is 12.6.